The Labute approximate surface area is 149 Å². The molecule has 6 nitrogen and oxygen atoms in total. The molecular weight excluding hydrogens is 353 g/mol. The number of hydrogen-bond donors (Lipinski definition) is 2. The first kappa shape index (κ1) is 18.6. The lowest BCUT2D eigenvalue weighted by Gasteiger charge is -2.31. The Morgan fingerprint density at radius 1 is 1.38 bits per heavy atom. The van der Waals surface area contributed by atoms with Crippen LogP contribution in [0, 0.1) is 5.82 Å². The highest BCUT2D eigenvalue weighted by atomic mass is 35.5. The Kier molecular flexibility index (Phi) is 6.47. The van der Waals surface area contributed by atoms with E-state index in [0.29, 0.717) is 15.7 Å². The first-order valence-corrected chi connectivity index (χ1v) is 8.29. The van der Waals surface area contributed by atoms with Gasteiger partial charge in [-0.25, -0.2) is 9.18 Å². The molecule has 0 atom stereocenters. The second-order valence-electron chi connectivity index (χ2n) is 5.44. The van der Waals surface area contributed by atoms with E-state index in [1.54, 1.807) is 24.1 Å². The zero-order chi connectivity index (χ0) is 16.2. The Hall–Kier alpha value is -1.77. The number of amides is 2. The maximum absolute atomic E-state index is 13.3. The molecule has 130 valence electrons. The van der Waals surface area contributed by atoms with Crippen LogP contribution in [-0.4, -0.2) is 47.3 Å². The minimum absolute atomic E-state index is 0. The van der Waals surface area contributed by atoms with Gasteiger partial charge in [0.15, 0.2) is 0 Å². The maximum atomic E-state index is 13.3. The van der Waals surface area contributed by atoms with Gasteiger partial charge in [-0.1, -0.05) is 23.5 Å². The molecule has 0 bridgehead atoms. The van der Waals surface area contributed by atoms with Crippen LogP contribution in [0.2, 0.25) is 0 Å². The van der Waals surface area contributed by atoms with Crippen LogP contribution in [0.1, 0.15) is 12.8 Å². The predicted molar refractivity (Wildman–Crippen MR) is 95.2 cm³/mol. The molecule has 2 aromatic rings. The average molecular weight is 372 g/mol. The molecule has 2 N–H and O–H groups in total. The number of piperidine rings is 1. The number of nitrogens with zero attached hydrogens (tertiary/aromatic N) is 3. The molecule has 1 aromatic heterocycles. The van der Waals surface area contributed by atoms with Crippen LogP contribution in [-0.2, 0) is 0 Å². The van der Waals surface area contributed by atoms with Crippen LogP contribution in [0.25, 0.3) is 10.6 Å². The second kappa shape index (κ2) is 8.36. The van der Waals surface area contributed by atoms with Crippen molar-refractivity contribution in [1.82, 2.24) is 20.4 Å². The fourth-order valence-electron chi connectivity index (χ4n) is 2.55. The highest BCUT2D eigenvalue weighted by molar-refractivity contribution is 7.18. The van der Waals surface area contributed by atoms with E-state index in [-0.39, 0.29) is 30.3 Å². The van der Waals surface area contributed by atoms with Gasteiger partial charge in [0, 0.05) is 18.7 Å². The number of benzene rings is 1. The summed E-state index contributed by atoms with van der Waals surface area (Å²) in [7, 11) is 1.79. The SMILES string of the molecule is CN(C(=O)Nc1nnc(-c2cccc(F)c2)s1)C1CCNCC1.Cl. The molecule has 1 fully saturated rings. The monoisotopic (exact) mass is 371 g/mol. The molecule has 2 heterocycles. The third kappa shape index (κ3) is 4.40. The molecule has 2 amide bonds. The van der Waals surface area contributed by atoms with E-state index < -0.39 is 0 Å². The summed E-state index contributed by atoms with van der Waals surface area (Å²) in [4.78, 5) is 14.0. The van der Waals surface area contributed by atoms with E-state index >= 15 is 0 Å². The average Bonchev–Trinajstić information content (AvgIpc) is 3.03. The largest absolute Gasteiger partial charge is 0.324 e. The van der Waals surface area contributed by atoms with Crippen molar-refractivity contribution in [2.24, 2.45) is 0 Å². The van der Waals surface area contributed by atoms with Crippen molar-refractivity contribution in [2.45, 2.75) is 18.9 Å². The molecule has 1 aliphatic heterocycles. The quantitative estimate of drug-likeness (QED) is 0.870. The number of rotatable bonds is 3. The van der Waals surface area contributed by atoms with Crippen molar-refractivity contribution >= 4 is 34.9 Å². The number of halogens is 2. The van der Waals surface area contributed by atoms with Crippen LogP contribution < -0.4 is 10.6 Å². The number of nitrogens with one attached hydrogen (secondary N) is 2. The molecule has 0 saturated carbocycles. The Morgan fingerprint density at radius 3 is 2.83 bits per heavy atom. The molecule has 1 saturated heterocycles. The van der Waals surface area contributed by atoms with Crippen molar-refractivity contribution in [3.63, 3.8) is 0 Å². The number of carbonyl (C=O) groups is 1. The van der Waals surface area contributed by atoms with Crippen LogP contribution in [0.15, 0.2) is 24.3 Å². The standard InChI is InChI=1S/C15H18FN5OS.ClH/c1-21(12-5-7-17-8-6-12)15(22)18-14-20-19-13(23-14)10-3-2-4-11(16)9-10;/h2-4,9,12,17H,5-8H2,1H3,(H,18,20,22);1H. The van der Waals surface area contributed by atoms with Crippen LogP contribution >= 0.6 is 23.7 Å². The third-order valence-electron chi connectivity index (χ3n) is 3.89. The van der Waals surface area contributed by atoms with Gasteiger partial charge in [-0.2, -0.15) is 0 Å². The van der Waals surface area contributed by atoms with Gasteiger partial charge in [0.05, 0.1) is 0 Å². The highest BCUT2D eigenvalue weighted by Gasteiger charge is 2.22. The molecule has 9 heteroatoms. The maximum Gasteiger partial charge on any atom is 0.323 e. The van der Waals surface area contributed by atoms with E-state index in [2.05, 4.69) is 20.8 Å². The third-order valence-corrected chi connectivity index (χ3v) is 4.77. The smallest absolute Gasteiger partial charge is 0.323 e. The van der Waals surface area contributed by atoms with Crippen LogP contribution in [0.5, 0.6) is 0 Å². The fraction of sp³-hybridized carbons (Fsp3) is 0.400. The first-order chi connectivity index (χ1) is 11.1. The summed E-state index contributed by atoms with van der Waals surface area (Å²) in [6.45, 7) is 1.84. The zero-order valence-electron chi connectivity index (χ0n) is 13.2. The van der Waals surface area contributed by atoms with E-state index in [1.165, 1.54) is 23.5 Å². The van der Waals surface area contributed by atoms with Crippen molar-refractivity contribution in [2.75, 3.05) is 25.5 Å². The minimum atomic E-state index is -0.325. The second-order valence-corrected chi connectivity index (χ2v) is 6.42. The summed E-state index contributed by atoms with van der Waals surface area (Å²) < 4.78 is 13.3. The highest BCUT2D eigenvalue weighted by Crippen LogP contribution is 2.27. The van der Waals surface area contributed by atoms with E-state index in [1.807, 2.05) is 0 Å². The Morgan fingerprint density at radius 2 is 2.12 bits per heavy atom. The number of urea groups is 1. The van der Waals surface area contributed by atoms with E-state index in [9.17, 15) is 9.18 Å². The minimum Gasteiger partial charge on any atom is -0.324 e. The number of anilines is 1. The van der Waals surface area contributed by atoms with E-state index in [0.717, 1.165) is 25.9 Å². The lowest BCUT2D eigenvalue weighted by molar-refractivity contribution is 0.189. The van der Waals surface area contributed by atoms with E-state index in [4.69, 9.17) is 0 Å². The molecule has 0 aliphatic carbocycles. The van der Waals surface area contributed by atoms with Crippen LogP contribution in [0.3, 0.4) is 0 Å². The summed E-state index contributed by atoms with van der Waals surface area (Å²) >= 11 is 1.23. The summed E-state index contributed by atoms with van der Waals surface area (Å²) in [5, 5.41) is 15.0. The number of aromatic nitrogens is 2. The summed E-state index contributed by atoms with van der Waals surface area (Å²) in [6.07, 6.45) is 1.88. The van der Waals surface area contributed by atoms with Gasteiger partial charge in [-0.3, -0.25) is 5.32 Å². The Bertz CT molecular complexity index is 692. The molecule has 24 heavy (non-hydrogen) atoms. The van der Waals surface area contributed by atoms with Gasteiger partial charge in [-0.15, -0.1) is 22.6 Å². The lowest BCUT2D eigenvalue weighted by atomic mass is 10.1. The molecule has 3 rings (SSSR count). The summed E-state index contributed by atoms with van der Waals surface area (Å²) in [5.74, 6) is -0.325. The molecule has 0 spiro atoms. The number of carbonyl (C=O) groups excluding carboxylic acids is 1. The molecule has 0 radical (unpaired) electrons. The van der Waals surface area contributed by atoms with Gasteiger partial charge < -0.3 is 10.2 Å². The molecule has 0 unspecified atom stereocenters. The molecule has 1 aliphatic rings. The van der Waals surface area contributed by atoms with Crippen molar-refractivity contribution in [3.8, 4) is 10.6 Å². The number of hydrogen-bond acceptors (Lipinski definition) is 5. The first-order valence-electron chi connectivity index (χ1n) is 7.47. The summed E-state index contributed by atoms with van der Waals surface area (Å²) in [6, 6.07) is 6.19. The van der Waals surface area contributed by atoms with Crippen molar-refractivity contribution in [3.05, 3.63) is 30.1 Å². The fourth-order valence-corrected chi connectivity index (χ4v) is 3.28. The summed E-state index contributed by atoms with van der Waals surface area (Å²) in [5.41, 5.74) is 0.648. The van der Waals surface area contributed by atoms with Crippen molar-refractivity contribution < 1.29 is 9.18 Å². The zero-order valence-corrected chi connectivity index (χ0v) is 14.8. The van der Waals surface area contributed by atoms with Gasteiger partial charge >= 0.3 is 6.03 Å². The van der Waals surface area contributed by atoms with Crippen LogP contribution in [0.4, 0.5) is 14.3 Å². The topological polar surface area (TPSA) is 70.2 Å². The molecule has 1 aromatic carbocycles. The van der Waals surface area contributed by atoms with Gasteiger partial charge in [0.2, 0.25) is 5.13 Å². The van der Waals surface area contributed by atoms with Gasteiger partial charge in [-0.05, 0) is 38.1 Å². The van der Waals surface area contributed by atoms with Gasteiger partial charge in [0.1, 0.15) is 10.8 Å². The van der Waals surface area contributed by atoms with Gasteiger partial charge in [0.25, 0.3) is 0 Å². The van der Waals surface area contributed by atoms with Crippen molar-refractivity contribution in [1.29, 1.82) is 0 Å². The predicted octanol–water partition coefficient (Wildman–Crippen LogP) is 2.98. The molecular formula is C15H19ClFN5OS. The Balaban J connectivity index is 0.00000208. The lowest BCUT2D eigenvalue weighted by Crippen LogP contribution is -2.45. The normalized spacial score (nSPS) is 14.8.